The summed E-state index contributed by atoms with van der Waals surface area (Å²) in [5.74, 6) is 0.247. The quantitative estimate of drug-likeness (QED) is 0.939. The molecule has 0 saturated heterocycles. The molecule has 122 valence electrons. The molecular formula is C19H25N3O. The minimum Gasteiger partial charge on any atom is -0.344 e. The zero-order valence-electron chi connectivity index (χ0n) is 14.4. The lowest BCUT2D eigenvalue weighted by Gasteiger charge is -2.15. The molecule has 23 heavy (non-hydrogen) atoms. The first-order valence-electron chi connectivity index (χ1n) is 8.42. The first-order chi connectivity index (χ1) is 11.0. The maximum Gasteiger partial charge on any atom is 0.270 e. The smallest absolute Gasteiger partial charge is 0.270 e. The van der Waals surface area contributed by atoms with E-state index in [1.54, 1.807) is 4.68 Å². The van der Waals surface area contributed by atoms with E-state index in [-0.39, 0.29) is 11.9 Å². The highest BCUT2D eigenvalue weighted by Gasteiger charge is 2.19. The zero-order chi connectivity index (χ0) is 16.6. The van der Waals surface area contributed by atoms with Crippen molar-refractivity contribution in [2.75, 3.05) is 0 Å². The van der Waals surface area contributed by atoms with Gasteiger partial charge in [0, 0.05) is 7.05 Å². The molecule has 4 nitrogen and oxygen atoms in total. The van der Waals surface area contributed by atoms with Crippen molar-refractivity contribution in [1.29, 1.82) is 0 Å². The van der Waals surface area contributed by atoms with E-state index in [9.17, 15) is 4.79 Å². The third-order valence-corrected chi connectivity index (χ3v) is 4.69. The van der Waals surface area contributed by atoms with E-state index in [0.29, 0.717) is 11.6 Å². The third-order valence-electron chi connectivity index (χ3n) is 4.69. The van der Waals surface area contributed by atoms with Crippen molar-refractivity contribution in [3.63, 3.8) is 0 Å². The Labute approximate surface area is 137 Å². The monoisotopic (exact) mass is 311 g/mol. The number of fused-ring (bicyclic) bond motifs is 1. The number of rotatable bonds is 4. The predicted molar refractivity (Wildman–Crippen MR) is 91.6 cm³/mol. The van der Waals surface area contributed by atoms with Crippen molar-refractivity contribution < 1.29 is 4.79 Å². The molecule has 1 atom stereocenters. The van der Waals surface area contributed by atoms with Gasteiger partial charge in [0.25, 0.3) is 5.91 Å². The second-order valence-electron chi connectivity index (χ2n) is 6.81. The molecule has 2 aromatic rings. The lowest BCUT2D eigenvalue weighted by Crippen LogP contribution is -2.28. The maximum atomic E-state index is 12.5. The van der Waals surface area contributed by atoms with Gasteiger partial charge in [0.2, 0.25) is 0 Å². The first kappa shape index (κ1) is 15.8. The van der Waals surface area contributed by atoms with Crippen molar-refractivity contribution in [2.24, 2.45) is 7.05 Å². The number of carbonyl (C=O) groups is 1. The lowest BCUT2D eigenvalue weighted by atomic mass is 10.0. The summed E-state index contributed by atoms with van der Waals surface area (Å²) < 4.78 is 1.67. The number of aromatic nitrogens is 2. The molecule has 0 unspecified atom stereocenters. The Morgan fingerprint density at radius 1 is 1.17 bits per heavy atom. The van der Waals surface area contributed by atoms with E-state index < -0.39 is 0 Å². The number of nitrogens with zero attached hydrogens (tertiary/aromatic N) is 2. The Kier molecular flexibility index (Phi) is 4.24. The van der Waals surface area contributed by atoms with Gasteiger partial charge in [-0.15, -0.1) is 0 Å². The molecule has 1 aromatic heterocycles. The van der Waals surface area contributed by atoms with Crippen LogP contribution in [0.3, 0.4) is 0 Å². The van der Waals surface area contributed by atoms with Crippen molar-refractivity contribution >= 4 is 5.91 Å². The number of hydrogen-bond acceptors (Lipinski definition) is 2. The van der Waals surface area contributed by atoms with Crippen molar-refractivity contribution in [3.05, 3.63) is 52.3 Å². The van der Waals surface area contributed by atoms with E-state index in [2.05, 4.69) is 42.5 Å². The van der Waals surface area contributed by atoms with E-state index in [4.69, 9.17) is 0 Å². The highest BCUT2D eigenvalue weighted by Crippen LogP contribution is 2.25. The fraction of sp³-hybridized carbons (Fsp3) is 0.474. The van der Waals surface area contributed by atoms with Gasteiger partial charge in [-0.25, -0.2) is 0 Å². The van der Waals surface area contributed by atoms with Crippen LogP contribution in [0.4, 0.5) is 0 Å². The average molecular weight is 311 g/mol. The minimum absolute atomic E-state index is 0.00852. The summed E-state index contributed by atoms with van der Waals surface area (Å²) in [6, 6.07) is 8.47. The van der Waals surface area contributed by atoms with E-state index >= 15 is 0 Å². The van der Waals surface area contributed by atoms with Gasteiger partial charge in [-0.1, -0.05) is 32.0 Å². The SMILES string of the molecule is CC(C)c1cc(C(=O)N[C@H](C)c2ccc3c(c2)CCC3)n(C)n1. The lowest BCUT2D eigenvalue weighted by molar-refractivity contribution is 0.0930. The second kappa shape index (κ2) is 6.19. The molecule has 0 radical (unpaired) electrons. The van der Waals surface area contributed by atoms with Gasteiger partial charge in [-0.2, -0.15) is 5.10 Å². The van der Waals surface area contributed by atoms with Crippen LogP contribution in [0.15, 0.2) is 24.3 Å². The average Bonchev–Trinajstić information content (AvgIpc) is 3.12. The molecule has 0 bridgehead atoms. The normalized spacial score (nSPS) is 14.8. The van der Waals surface area contributed by atoms with Crippen LogP contribution in [0, 0.1) is 0 Å². The highest BCUT2D eigenvalue weighted by atomic mass is 16.2. The van der Waals surface area contributed by atoms with Gasteiger partial charge in [0.15, 0.2) is 0 Å². The molecule has 3 rings (SSSR count). The van der Waals surface area contributed by atoms with Gasteiger partial charge >= 0.3 is 0 Å². The molecular weight excluding hydrogens is 286 g/mol. The molecule has 1 aromatic carbocycles. The molecule has 1 aliphatic carbocycles. The van der Waals surface area contributed by atoms with Crippen LogP contribution in [0.25, 0.3) is 0 Å². The van der Waals surface area contributed by atoms with E-state index in [1.165, 1.54) is 29.5 Å². The second-order valence-corrected chi connectivity index (χ2v) is 6.81. The molecule has 4 heteroatoms. The molecule has 1 aliphatic rings. The Balaban J connectivity index is 1.74. The van der Waals surface area contributed by atoms with Crippen molar-refractivity contribution in [1.82, 2.24) is 15.1 Å². The summed E-state index contributed by atoms with van der Waals surface area (Å²) in [5.41, 5.74) is 5.63. The van der Waals surface area contributed by atoms with Crippen LogP contribution in [-0.4, -0.2) is 15.7 Å². The summed E-state index contributed by atoms with van der Waals surface area (Å²) in [6.45, 7) is 6.20. The van der Waals surface area contributed by atoms with Crippen LogP contribution in [0.2, 0.25) is 0 Å². The Hall–Kier alpha value is -2.10. The Bertz CT molecular complexity index is 730. The van der Waals surface area contributed by atoms with Gasteiger partial charge in [-0.05, 0) is 54.9 Å². The third kappa shape index (κ3) is 3.16. The van der Waals surface area contributed by atoms with Crippen LogP contribution in [0.5, 0.6) is 0 Å². The number of hydrogen-bond donors (Lipinski definition) is 1. The van der Waals surface area contributed by atoms with E-state index in [0.717, 1.165) is 12.1 Å². The molecule has 0 fully saturated rings. The number of amides is 1. The summed E-state index contributed by atoms with van der Waals surface area (Å²) in [4.78, 5) is 12.5. The fourth-order valence-electron chi connectivity index (χ4n) is 3.20. The van der Waals surface area contributed by atoms with Crippen molar-refractivity contribution in [2.45, 2.75) is 52.0 Å². The van der Waals surface area contributed by atoms with Gasteiger partial charge < -0.3 is 5.32 Å². The molecule has 1 heterocycles. The Morgan fingerprint density at radius 3 is 2.61 bits per heavy atom. The molecule has 0 saturated carbocycles. The number of benzene rings is 1. The number of nitrogens with one attached hydrogen (secondary N) is 1. The van der Waals surface area contributed by atoms with Crippen LogP contribution in [0.1, 0.15) is 72.0 Å². The molecule has 0 spiro atoms. The number of aryl methyl sites for hydroxylation is 3. The molecule has 0 aliphatic heterocycles. The highest BCUT2D eigenvalue weighted by molar-refractivity contribution is 5.93. The standard InChI is InChI=1S/C19H25N3O/c1-12(2)17-11-18(22(4)21-17)19(23)20-13(3)15-9-8-14-6-5-7-16(14)10-15/h8-13H,5-7H2,1-4H3,(H,20,23)/t13-/m1/s1. The number of carbonyl (C=O) groups excluding carboxylic acids is 1. The summed E-state index contributed by atoms with van der Waals surface area (Å²) in [7, 11) is 1.82. The summed E-state index contributed by atoms with van der Waals surface area (Å²) in [6.07, 6.45) is 3.58. The summed E-state index contributed by atoms with van der Waals surface area (Å²) >= 11 is 0. The van der Waals surface area contributed by atoms with Gasteiger partial charge in [0.1, 0.15) is 5.69 Å². The summed E-state index contributed by atoms with van der Waals surface area (Å²) in [5, 5.41) is 7.51. The van der Waals surface area contributed by atoms with Crippen LogP contribution in [-0.2, 0) is 19.9 Å². The first-order valence-corrected chi connectivity index (χ1v) is 8.42. The minimum atomic E-state index is -0.0695. The largest absolute Gasteiger partial charge is 0.344 e. The van der Waals surface area contributed by atoms with Crippen LogP contribution < -0.4 is 5.32 Å². The fourth-order valence-corrected chi connectivity index (χ4v) is 3.20. The molecule has 1 amide bonds. The predicted octanol–water partition coefficient (Wildman–Crippen LogP) is 3.52. The topological polar surface area (TPSA) is 46.9 Å². The Morgan fingerprint density at radius 2 is 1.91 bits per heavy atom. The zero-order valence-corrected chi connectivity index (χ0v) is 14.4. The van der Waals surface area contributed by atoms with Crippen LogP contribution >= 0.6 is 0 Å². The van der Waals surface area contributed by atoms with Gasteiger partial charge in [0.05, 0.1) is 11.7 Å². The van der Waals surface area contributed by atoms with E-state index in [1.807, 2.05) is 20.0 Å². The maximum absolute atomic E-state index is 12.5. The van der Waals surface area contributed by atoms with Gasteiger partial charge in [-0.3, -0.25) is 9.48 Å². The molecule has 1 N–H and O–H groups in total. The van der Waals surface area contributed by atoms with Crippen molar-refractivity contribution in [3.8, 4) is 0 Å².